The van der Waals surface area contributed by atoms with Crippen molar-refractivity contribution >= 4 is 50.5 Å². The van der Waals surface area contributed by atoms with Crippen molar-refractivity contribution in [3.05, 3.63) is 54.6 Å². The lowest BCUT2D eigenvalue weighted by Crippen LogP contribution is -2.01. The normalized spacial score (nSPS) is 12.7. The van der Waals surface area contributed by atoms with Gasteiger partial charge in [0, 0.05) is 36.8 Å². The van der Waals surface area contributed by atoms with Crippen molar-refractivity contribution in [3.8, 4) is 0 Å². The fourth-order valence-corrected chi connectivity index (χ4v) is 3.44. The van der Waals surface area contributed by atoms with Crippen molar-refractivity contribution in [1.82, 2.24) is 0 Å². The molecule has 0 saturated carbocycles. The highest BCUT2D eigenvalue weighted by atomic mass is 79.9. The molecule has 1 aromatic carbocycles. The number of benzene rings is 1. The van der Waals surface area contributed by atoms with Gasteiger partial charge < -0.3 is 5.11 Å². The van der Waals surface area contributed by atoms with Crippen LogP contribution in [0.3, 0.4) is 0 Å². The molecule has 0 aliphatic carbocycles. The van der Waals surface area contributed by atoms with E-state index in [2.05, 4.69) is 15.9 Å². The molecule has 90 valence electrons. The first-order valence-corrected chi connectivity index (χ1v) is 7.35. The van der Waals surface area contributed by atoms with Crippen molar-refractivity contribution in [2.45, 2.75) is 12.5 Å². The summed E-state index contributed by atoms with van der Waals surface area (Å²) in [6, 6.07) is 7.11. The highest BCUT2D eigenvalue weighted by molar-refractivity contribution is 9.10. The highest BCUT2D eigenvalue weighted by Gasteiger charge is 2.14. The number of rotatable bonds is 3. The van der Waals surface area contributed by atoms with Crippen molar-refractivity contribution in [2.75, 3.05) is 0 Å². The van der Waals surface area contributed by atoms with E-state index in [0.29, 0.717) is 22.0 Å². The van der Waals surface area contributed by atoms with Crippen molar-refractivity contribution < 1.29 is 5.11 Å². The maximum Gasteiger partial charge on any atom is 0.0853 e. The molecule has 1 unspecified atom stereocenters. The molecule has 17 heavy (non-hydrogen) atoms. The molecule has 0 bridgehead atoms. The number of aliphatic hydroxyl groups is 1. The molecule has 0 spiro atoms. The van der Waals surface area contributed by atoms with Gasteiger partial charge in [0.15, 0.2) is 0 Å². The third-order valence-electron chi connectivity index (χ3n) is 2.33. The van der Waals surface area contributed by atoms with E-state index in [-0.39, 0.29) is 0 Å². The number of aliphatic hydroxyl groups excluding tert-OH is 1. The molecular weight excluding hydrogens is 343 g/mol. The summed E-state index contributed by atoms with van der Waals surface area (Å²) in [4.78, 5) is 1.10. The van der Waals surface area contributed by atoms with E-state index in [1.165, 1.54) is 0 Å². The molecule has 0 aliphatic rings. The van der Waals surface area contributed by atoms with Crippen molar-refractivity contribution in [3.63, 3.8) is 0 Å². The van der Waals surface area contributed by atoms with Gasteiger partial charge in [-0.25, -0.2) is 0 Å². The second-order valence-electron chi connectivity index (χ2n) is 3.62. The smallest absolute Gasteiger partial charge is 0.0853 e. The number of hydrogen-bond acceptors (Lipinski definition) is 2. The molecular formula is C12H9BrCl2OS. The van der Waals surface area contributed by atoms with E-state index in [0.717, 1.165) is 9.35 Å². The molecule has 2 rings (SSSR count). The second-order valence-corrected chi connectivity index (χ2v) is 6.37. The minimum absolute atomic E-state index is 0.538. The Bertz CT molecular complexity index is 527. The van der Waals surface area contributed by atoms with E-state index in [1.54, 1.807) is 29.5 Å². The molecule has 2 aromatic rings. The number of hydrogen-bond donors (Lipinski definition) is 1. The molecule has 1 N–H and O–H groups in total. The van der Waals surface area contributed by atoms with Crippen LogP contribution in [0.1, 0.15) is 16.5 Å². The van der Waals surface area contributed by atoms with Gasteiger partial charge in [0.2, 0.25) is 0 Å². The van der Waals surface area contributed by atoms with E-state index in [4.69, 9.17) is 23.2 Å². The average Bonchev–Trinajstić information content (AvgIpc) is 2.67. The molecule has 5 heteroatoms. The van der Waals surface area contributed by atoms with Crippen LogP contribution in [0.4, 0.5) is 0 Å². The second kappa shape index (κ2) is 5.72. The van der Waals surface area contributed by atoms with Crippen LogP contribution in [0.25, 0.3) is 0 Å². The third kappa shape index (κ3) is 3.46. The van der Waals surface area contributed by atoms with Gasteiger partial charge >= 0.3 is 0 Å². The van der Waals surface area contributed by atoms with Crippen LogP contribution in [-0.2, 0) is 6.42 Å². The molecule has 0 radical (unpaired) electrons. The van der Waals surface area contributed by atoms with Gasteiger partial charge in [-0.3, -0.25) is 0 Å². The van der Waals surface area contributed by atoms with Crippen LogP contribution in [0.5, 0.6) is 0 Å². The molecule has 1 heterocycles. The van der Waals surface area contributed by atoms with E-state index < -0.39 is 6.10 Å². The first-order chi connectivity index (χ1) is 8.06. The Kier molecular flexibility index (Phi) is 4.50. The molecule has 0 fully saturated rings. The lowest BCUT2D eigenvalue weighted by Gasteiger charge is -2.12. The fraction of sp³-hybridized carbons (Fsp3) is 0.167. The van der Waals surface area contributed by atoms with Gasteiger partial charge in [-0.05, 0) is 40.2 Å². The standard InChI is InChI=1S/C12H9BrCl2OS/c13-7-3-9(17-6-7)5-12(16)10-4-8(14)1-2-11(10)15/h1-4,6,12,16H,5H2. The molecule has 1 atom stereocenters. The van der Waals surface area contributed by atoms with Crippen LogP contribution in [0.15, 0.2) is 34.1 Å². The minimum atomic E-state index is -0.633. The Morgan fingerprint density at radius 2 is 2.06 bits per heavy atom. The number of thiophene rings is 1. The fourth-order valence-electron chi connectivity index (χ4n) is 1.53. The largest absolute Gasteiger partial charge is 0.388 e. The van der Waals surface area contributed by atoms with Crippen molar-refractivity contribution in [1.29, 1.82) is 0 Å². The summed E-state index contributed by atoms with van der Waals surface area (Å²) in [6.07, 6.45) is -0.0946. The summed E-state index contributed by atoms with van der Waals surface area (Å²) < 4.78 is 1.03. The molecule has 0 amide bonds. The minimum Gasteiger partial charge on any atom is -0.388 e. The molecule has 1 nitrogen and oxygen atoms in total. The van der Waals surface area contributed by atoms with Gasteiger partial charge in [-0.1, -0.05) is 23.2 Å². The molecule has 1 aromatic heterocycles. The predicted molar refractivity (Wildman–Crippen MR) is 77.1 cm³/mol. The molecule has 0 saturated heterocycles. The summed E-state index contributed by atoms with van der Waals surface area (Å²) in [7, 11) is 0. The molecule has 0 aliphatic heterocycles. The van der Waals surface area contributed by atoms with E-state index in [9.17, 15) is 5.11 Å². The third-order valence-corrected chi connectivity index (χ3v) is 4.63. The Balaban J connectivity index is 2.19. The van der Waals surface area contributed by atoms with Crippen LogP contribution in [-0.4, -0.2) is 5.11 Å². The summed E-state index contributed by atoms with van der Waals surface area (Å²) in [5.74, 6) is 0. The summed E-state index contributed by atoms with van der Waals surface area (Å²) in [5, 5.41) is 13.2. The monoisotopic (exact) mass is 350 g/mol. The summed E-state index contributed by atoms with van der Waals surface area (Å²) >= 11 is 16.9. The lowest BCUT2D eigenvalue weighted by atomic mass is 10.1. The van der Waals surface area contributed by atoms with E-state index >= 15 is 0 Å². The average molecular weight is 352 g/mol. The van der Waals surface area contributed by atoms with Gasteiger partial charge in [0.25, 0.3) is 0 Å². The van der Waals surface area contributed by atoms with Crippen LogP contribution < -0.4 is 0 Å². The zero-order valence-corrected chi connectivity index (χ0v) is 12.6. The Morgan fingerprint density at radius 3 is 2.71 bits per heavy atom. The van der Waals surface area contributed by atoms with E-state index in [1.807, 2.05) is 11.4 Å². The first kappa shape index (κ1) is 13.4. The van der Waals surface area contributed by atoms with Gasteiger partial charge in [0.05, 0.1) is 6.10 Å². The maximum atomic E-state index is 10.1. The van der Waals surface area contributed by atoms with Gasteiger partial charge in [0.1, 0.15) is 0 Å². The van der Waals surface area contributed by atoms with Crippen molar-refractivity contribution in [2.24, 2.45) is 0 Å². The predicted octanol–water partition coefficient (Wildman–Crippen LogP) is 5.09. The Morgan fingerprint density at radius 1 is 1.29 bits per heavy atom. The first-order valence-electron chi connectivity index (χ1n) is 4.92. The zero-order valence-electron chi connectivity index (χ0n) is 8.66. The SMILES string of the molecule is OC(Cc1cc(Br)cs1)c1cc(Cl)ccc1Cl. The Labute approximate surface area is 122 Å². The summed E-state index contributed by atoms with van der Waals surface area (Å²) in [5.41, 5.74) is 0.670. The summed E-state index contributed by atoms with van der Waals surface area (Å²) in [6.45, 7) is 0. The highest BCUT2D eigenvalue weighted by Crippen LogP contribution is 2.30. The topological polar surface area (TPSA) is 20.2 Å². The number of halogens is 3. The van der Waals surface area contributed by atoms with Crippen LogP contribution in [0, 0.1) is 0 Å². The van der Waals surface area contributed by atoms with Gasteiger partial charge in [-0.15, -0.1) is 11.3 Å². The van der Waals surface area contributed by atoms with Gasteiger partial charge in [-0.2, -0.15) is 0 Å². The van der Waals surface area contributed by atoms with Crippen LogP contribution >= 0.6 is 50.5 Å². The quantitative estimate of drug-likeness (QED) is 0.816. The Hall–Kier alpha value is -0.0600. The van der Waals surface area contributed by atoms with Crippen LogP contribution in [0.2, 0.25) is 10.0 Å². The lowest BCUT2D eigenvalue weighted by molar-refractivity contribution is 0.179. The zero-order chi connectivity index (χ0) is 12.4. The maximum absolute atomic E-state index is 10.1.